The van der Waals surface area contributed by atoms with Crippen LogP contribution in [0.3, 0.4) is 0 Å². The van der Waals surface area contributed by atoms with Crippen molar-refractivity contribution in [3.8, 4) is 0 Å². The molecule has 0 aliphatic rings. The van der Waals surface area contributed by atoms with Gasteiger partial charge in [-0.2, -0.15) is 0 Å². The first-order chi connectivity index (χ1) is 10.7. The largest absolute Gasteiger partial charge is 0.311 e. The molecule has 0 heterocycles. The number of hydrogen-bond acceptors (Lipinski definition) is 1. The van der Waals surface area contributed by atoms with E-state index >= 15 is 0 Å². The summed E-state index contributed by atoms with van der Waals surface area (Å²) in [6, 6.07) is 6.12. The molecular weight excluding hydrogens is 397 g/mol. The lowest BCUT2D eigenvalue weighted by Crippen LogP contribution is -2.28. The van der Waals surface area contributed by atoms with Gasteiger partial charge in [0.2, 0.25) is 0 Å². The number of hydrogen-bond donors (Lipinski definition) is 0. The van der Waals surface area contributed by atoms with Crippen molar-refractivity contribution in [3.63, 3.8) is 0 Å². The van der Waals surface area contributed by atoms with E-state index in [0.717, 1.165) is 22.4 Å². The van der Waals surface area contributed by atoms with E-state index in [9.17, 15) is 4.79 Å². The van der Waals surface area contributed by atoms with E-state index in [1.165, 1.54) is 25.8 Å². The van der Waals surface area contributed by atoms with Gasteiger partial charge >= 0.3 is 0 Å². The second kappa shape index (κ2) is 6.63. The zero-order valence-electron chi connectivity index (χ0n) is 15.0. The van der Waals surface area contributed by atoms with E-state index in [1.54, 1.807) is 4.90 Å². The molecule has 0 N–H and O–H groups in total. The topological polar surface area (TPSA) is 20.3 Å². The lowest BCUT2D eigenvalue weighted by atomic mass is 9.94. The van der Waals surface area contributed by atoms with Gasteiger partial charge in [-0.3, -0.25) is 4.79 Å². The standard InChI is InChI=1S/C20H24INO/c1-11-10-17(14(4)13(3)12(11)2)20(23)22(7)19-9-8-18(21)15(5)16(19)6/h8-10H,1-7H3. The number of rotatable bonds is 2. The third kappa shape index (κ3) is 3.16. The van der Waals surface area contributed by atoms with Gasteiger partial charge in [-0.15, -0.1) is 0 Å². The molecule has 2 rings (SSSR count). The Labute approximate surface area is 153 Å². The Kier molecular flexibility index (Phi) is 5.19. The first kappa shape index (κ1) is 18.0. The van der Waals surface area contributed by atoms with Gasteiger partial charge in [-0.05, 0) is 116 Å². The molecule has 0 saturated carbocycles. The number of nitrogens with zero attached hydrogens (tertiary/aromatic N) is 1. The number of halogens is 1. The lowest BCUT2D eigenvalue weighted by Gasteiger charge is -2.23. The monoisotopic (exact) mass is 421 g/mol. The van der Waals surface area contributed by atoms with Crippen LogP contribution in [0.5, 0.6) is 0 Å². The second-order valence-corrected chi connectivity index (χ2v) is 7.46. The maximum atomic E-state index is 13.1. The minimum atomic E-state index is 0.0532. The molecule has 2 aromatic carbocycles. The molecule has 2 nitrogen and oxygen atoms in total. The summed E-state index contributed by atoms with van der Waals surface area (Å²) < 4.78 is 1.22. The number of benzene rings is 2. The van der Waals surface area contributed by atoms with Crippen LogP contribution in [0.1, 0.15) is 43.7 Å². The molecule has 2 aromatic rings. The number of carbonyl (C=O) groups excluding carboxylic acids is 1. The highest BCUT2D eigenvalue weighted by atomic mass is 127. The Hall–Kier alpha value is -1.36. The van der Waals surface area contributed by atoms with Crippen molar-refractivity contribution in [1.82, 2.24) is 0 Å². The zero-order valence-corrected chi connectivity index (χ0v) is 17.1. The summed E-state index contributed by atoms with van der Waals surface area (Å²) in [5, 5.41) is 0. The van der Waals surface area contributed by atoms with Crippen molar-refractivity contribution in [1.29, 1.82) is 0 Å². The fraction of sp³-hybridized carbons (Fsp3) is 0.350. The average Bonchev–Trinajstić information content (AvgIpc) is 2.53. The third-order valence-corrected chi connectivity index (χ3v) is 6.24. The van der Waals surface area contributed by atoms with Crippen LogP contribution >= 0.6 is 22.6 Å². The zero-order chi connectivity index (χ0) is 17.5. The van der Waals surface area contributed by atoms with Crippen molar-refractivity contribution in [2.75, 3.05) is 11.9 Å². The Morgan fingerprint density at radius 1 is 0.870 bits per heavy atom. The maximum Gasteiger partial charge on any atom is 0.258 e. The average molecular weight is 421 g/mol. The molecule has 0 aliphatic heterocycles. The summed E-state index contributed by atoms with van der Waals surface area (Å²) in [5.74, 6) is 0.0532. The van der Waals surface area contributed by atoms with E-state index in [1.807, 2.05) is 26.1 Å². The van der Waals surface area contributed by atoms with E-state index in [0.29, 0.717) is 0 Å². The first-order valence-corrected chi connectivity index (χ1v) is 8.85. The van der Waals surface area contributed by atoms with Crippen molar-refractivity contribution < 1.29 is 4.79 Å². The minimum absolute atomic E-state index is 0.0532. The van der Waals surface area contributed by atoms with Gasteiger partial charge in [0.15, 0.2) is 0 Å². The molecule has 0 unspecified atom stereocenters. The third-order valence-electron chi connectivity index (χ3n) is 5.07. The molecule has 0 radical (unpaired) electrons. The van der Waals surface area contributed by atoms with E-state index in [4.69, 9.17) is 0 Å². The normalized spacial score (nSPS) is 10.8. The van der Waals surface area contributed by atoms with Gasteiger partial charge in [0.05, 0.1) is 0 Å². The number of amides is 1. The van der Waals surface area contributed by atoms with Gasteiger partial charge in [-0.1, -0.05) is 0 Å². The molecular formula is C20H24INO. The van der Waals surface area contributed by atoms with E-state index in [2.05, 4.69) is 63.3 Å². The molecule has 122 valence electrons. The Morgan fingerprint density at radius 2 is 1.48 bits per heavy atom. The number of anilines is 1. The van der Waals surface area contributed by atoms with Crippen LogP contribution in [0, 0.1) is 45.1 Å². The first-order valence-electron chi connectivity index (χ1n) is 7.78. The fourth-order valence-electron chi connectivity index (χ4n) is 2.86. The van der Waals surface area contributed by atoms with Crippen molar-refractivity contribution in [2.45, 2.75) is 41.5 Å². The molecule has 0 atom stereocenters. The Balaban J connectivity index is 2.52. The van der Waals surface area contributed by atoms with Crippen LogP contribution in [-0.4, -0.2) is 13.0 Å². The van der Waals surface area contributed by atoms with Gasteiger partial charge in [0.25, 0.3) is 5.91 Å². The Bertz CT molecular complexity index is 793. The van der Waals surface area contributed by atoms with Gasteiger partial charge in [0, 0.05) is 21.9 Å². The smallest absolute Gasteiger partial charge is 0.258 e. The SMILES string of the molecule is Cc1cc(C(=O)N(C)c2ccc(I)c(C)c2C)c(C)c(C)c1C. The number of aryl methyl sites for hydroxylation is 1. The quantitative estimate of drug-likeness (QED) is 0.594. The van der Waals surface area contributed by atoms with Gasteiger partial charge in [-0.25, -0.2) is 0 Å². The molecule has 0 spiro atoms. The highest BCUT2D eigenvalue weighted by molar-refractivity contribution is 14.1. The summed E-state index contributed by atoms with van der Waals surface area (Å²) >= 11 is 2.33. The number of carbonyl (C=O) groups is 1. The predicted molar refractivity (Wildman–Crippen MR) is 107 cm³/mol. The summed E-state index contributed by atoms with van der Waals surface area (Å²) in [5.41, 5.74) is 8.87. The predicted octanol–water partition coefficient (Wildman–Crippen LogP) is 5.42. The highest BCUT2D eigenvalue weighted by Gasteiger charge is 2.20. The van der Waals surface area contributed by atoms with Gasteiger partial charge in [0.1, 0.15) is 0 Å². The van der Waals surface area contributed by atoms with Crippen LogP contribution in [-0.2, 0) is 0 Å². The van der Waals surface area contributed by atoms with Crippen molar-refractivity contribution >= 4 is 34.2 Å². The highest BCUT2D eigenvalue weighted by Crippen LogP contribution is 2.28. The lowest BCUT2D eigenvalue weighted by molar-refractivity contribution is 0.0992. The van der Waals surface area contributed by atoms with E-state index in [-0.39, 0.29) is 5.91 Å². The molecule has 23 heavy (non-hydrogen) atoms. The van der Waals surface area contributed by atoms with Crippen LogP contribution in [0.15, 0.2) is 18.2 Å². The van der Waals surface area contributed by atoms with Crippen molar-refractivity contribution in [3.05, 3.63) is 60.7 Å². The van der Waals surface area contributed by atoms with E-state index < -0.39 is 0 Å². The molecule has 3 heteroatoms. The summed E-state index contributed by atoms with van der Waals surface area (Å²) in [4.78, 5) is 14.8. The maximum absolute atomic E-state index is 13.1. The molecule has 0 aliphatic carbocycles. The summed E-state index contributed by atoms with van der Waals surface area (Å²) in [6.45, 7) is 12.5. The minimum Gasteiger partial charge on any atom is -0.311 e. The molecule has 0 fully saturated rings. The van der Waals surface area contributed by atoms with Crippen LogP contribution in [0.25, 0.3) is 0 Å². The summed E-state index contributed by atoms with van der Waals surface area (Å²) in [7, 11) is 1.86. The Morgan fingerprint density at radius 3 is 2.09 bits per heavy atom. The van der Waals surface area contributed by atoms with Gasteiger partial charge < -0.3 is 4.90 Å². The molecule has 1 amide bonds. The van der Waals surface area contributed by atoms with Crippen LogP contribution in [0.4, 0.5) is 5.69 Å². The molecule has 0 bridgehead atoms. The molecule has 0 aromatic heterocycles. The van der Waals surface area contributed by atoms with Crippen LogP contribution in [0.2, 0.25) is 0 Å². The van der Waals surface area contributed by atoms with Crippen LogP contribution < -0.4 is 4.90 Å². The summed E-state index contributed by atoms with van der Waals surface area (Å²) in [6.07, 6.45) is 0. The fourth-order valence-corrected chi connectivity index (χ4v) is 3.45. The van der Waals surface area contributed by atoms with Crippen molar-refractivity contribution in [2.24, 2.45) is 0 Å². The molecule has 0 saturated heterocycles. The second-order valence-electron chi connectivity index (χ2n) is 6.30.